The van der Waals surface area contributed by atoms with Gasteiger partial charge in [0.15, 0.2) is 16.9 Å². The molecule has 0 aliphatic rings. The predicted octanol–water partition coefficient (Wildman–Crippen LogP) is 7.88. The predicted molar refractivity (Wildman–Crippen MR) is 189 cm³/mol. The molecule has 262 valence electrons. The van der Waals surface area contributed by atoms with E-state index in [9.17, 15) is 24.0 Å². The quantitative estimate of drug-likeness (QED) is 0.0539. The molecule has 0 fully saturated rings. The largest absolute Gasteiger partial charge is 0.461 e. The van der Waals surface area contributed by atoms with Crippen LogP contribution in [0, 0.1) is 0 Å². The third kappa shape index (κ3) is 11.5. The summed E-state index contributed by atoms with van der Waals surface area (Å²) < 4.78 is 27.8. The highest BCUT2D eigenvalue weighted by Gasteiger charge is 2.18. The van der Waals surface area contributed by atoms with E-state index >= 15 is 0 Å². The van der Waals surface area contributed by atoms with Gasteiger partial charge in [0.1, 0.15) is 24.6 Å². The molecule has 0 spiro atoms. The average Bonchev–Trinajstić information content (AvgIpc) is 3.15. The number of rotatable bonds is 17. The fraction of sp³-hybridized carbons (Fsp3) is 0.244. The number of benzene rings is 4. The Balaban J connectivity index is 1.16. The fourth-order valence-corrected chi connectivity index (χ4v) is 5.12. The maximum absolute atomic E-state index is 12.9. The molecule has 0 unspecified atom stereocenters. The van der Waals surface area contributed by atoms with E-state index in [-0.39, 0.29) is 73.5 Å². The molecule has 0 saturated carbocycles. The van der Waals surface area contributed by atoms with Gasteiger partial charge in [0, 0.05) is 37.3 Å². The molecule has 0 aliphatic carbocycles. The standard InChI is InChI=1S/C41H38O10/c42-33-26-36(49-34-18-8-7-17-32(33)34)31-23-24-35(50-40(45)21-11-9-19-38(43)47-27-29-13-3-1-4-14-29)37(25-31)51-41(46)22-12-10-20-39(44)48-28-30-15-5-2-6-16-30/h1-8,13-18,23-26H,9-12,19-22,27-28H2. The molecule has 0 amide bonds. The number of para-hydroxylation sites is 1. The lowest BCUT2D eigenvalue weighted by atomic mass is 10.1. The summed E-state index contributed by atoms with van der Waals surface area (Å²) in [6.07, 6.45) is 1.88. The molecule has 1 heterocycles. The molecule has 5 aromatic rings. The van der Waals surface area contributed by atoms with E-state index in [1.165, 1.54) is 18.2 Å². The molecule has 1 aromatic heterocycles. The third-order valence-electron chi connectivity index (χ3n) is 7.82. The summed E-state index contributed by atoms with van der Waals surface area (Å²) in [5.74, 6) is -1.70. The molecular weight excluding hydrogens is 652 g/mol. The van der Waals surface area contributed by atoms with Gasteiger partial charge in [-0.15, -0.1) is 0 Å². The summed E-state index contributed by atoms with van der Waals surface area (Å²) in [5.41, 5.74) is 2.34. The van der Waals surface area contributed by atoms with Gasteiger partial charge in [-0.1, -0.05) is 72.8 Å². The Labute approximate surface area is 294 Å². The Morgan fingerprint density at radius 1 is 0.510 bits per heavy atom. The smallest absolute Gasteiger partial charge is 0.311 e. The number of ether oxygens (including phenoxy) is 4. The Bertz CT molecular complexity index is 2000. The molecule has 0 radical (unpaired) electrons. The van der Waals surface area contributed by atoms with Gasteiger partial charge in [-0.05, 0) is 67.1 Å². The van der Waals surface area contributed by atoms with Crippen LogP contribution in [0.15, 0.2) is 118 Å². The molecule has 10 heteroatoms. The van der Waals surface area contributed by atoms with Crippen molar-refractivity contribution in [2.75, 3.05) is 0 Å². The second-order valence-electron chi connectivity index (χ2n) is 11.8. The van der Waals surface area contributed by atoms with Crippen LogP contribution >= 0.6 is 0 Å². The van der Waals surface area contributed by atoms with E-state index in [0.717, 1.165) is 11.1 Å². The molecule has 4 aromatic carbocycles. The number of hydrogen-bond donors (Lipinski definition) is 0. The van der Waals surface area contributed by atoms with E-state index in [1.807, 2.05) is 60.7 Å². The third-order valence-corrected chi connectivity index (χ3v) is 7.82. The van der Waals surface area contributed by atoms with Gasteiger partial charge >= 0.3 is 23.9 Å². The van der Waals surface area contributed by atoms with Crippen molar-refractivity contribution in [3.8, 4) is 22.8 Å². The van der Waals surface area contributed by atoms with Crippen molar-refractivity contribution >= 4 is 34.8 Å². The van der Waals surface area contributed by atoms with Gasteiger partial charge in [0.25, 0.3) is 0 Å². The molecule has 0 N–H and O–H groups in total. The Hall–Kier alpha value is -6.03. The highest BCUT2D eigenvalue weighted by molar-refractivity contribution is 5.80. The van der Waals surface area contributed by atoms with Gasteiger partial charge in [-0.25, -0.2) is 0 Å². The number of unbranched alkanes of at least 4 members (excludes halogenated alkanes) is 2. The van der Waals surface area contributed by atoms with Crippen LogP contribution < -0.4 is 14.9 Å². The SMILES string of the molecule is O=C(CCCCC(=O)Oc1ccc(-c2cc(=O)c3ccccc3o2)cc1OC(=O)CCCCC(=O)OCc1ccccc1)OCc1ccccc1. The van der Waals surface area contributed by atoms with Gasteiger partial charge in [0.2, 0.25) is 0 Å². The first kappa shape index (κ1) is 36.3. The fourth-order valence-electron chi connectivity index (χ4n) is 5.12. The first-order valence-corrected chi connectivity index (χ1v) is 16.8. The van der Waals surface area contributed by atoms with Crippen molar-refractivity contribution in [1.29, 1.82) is 0 Å². The lowest BCUT2D eigenvalue weighted by Crippen LogP contribution is -2.13. The zero-order chi connectivity index (χ0) is 35.8. The van der Waals surface area contributed by atoms with E-state index < -0.39 is 11.9 Å². The van der Waals surface area contributed by atoms with Crippen LogP contribution in [-0.4, -0.2) is 23.9 Å². The molecule has 0 aliphatic heterocycles. The van der Waals surface area contributed by atoms with Crippen LogP contribution in [0.3, 0.4) is 0 Å². The topological polar surface area (TPSA) is 135 Å². The van der Waals surface area contributed by atoms with Crippen molar-refractivity contribution < 1.29 is 42.5 Å². The second-order valence-corrected chi connectivity index (χ2v) is 11.8. The minimum absolute atomic E-state index is 0.00495. The monoisotopic (exact) mass is 690 g/mol. The van der Waals surface area contributed by atoms with Crippen molar-refractivity contribution in [3.63, 3.8) is 0 Å². The summed E-state index contributed by atoms with van der Waals surface area (Å²) in [6, 6.07) is 31.4. The first-order valence-electron chi connectivity index (χ1n) is 16.8. The van der Waals surface area contributed by atoms with Crippen LogP contribution in [0.25, 0.3) is 22.3 Å². The Morgan fingerprint density at radius 2 is 1.00 bits per heavy atom. The molecule has 51 heavy (non-hydrogen) atoms. The number of carbonyl (C=O) groups excluding carboxylic acids is 4. The van der Waals surface area contributed by atoms with Crippen molar-refractivity contribution in [3.05, 3.63) is 131 Å². The summed E-state index contributed by atoms with van der Waals surface area (Å²) >= 11 is 0. The average molecular weight is 691 g/mol. The maximum atomic E-state index is 12.9. The summed E-state index contributed by atoms with van der Waals surface area (Å²) in [6.45, 7) is 0.362. The van der Waals surface area contributed by atoms with E-state index in [4.69, 9.17) is 23.4 Å². The Morgan fingerprint density at radius 3 is 1.57 bits per heavy atom. The molecular formula is C41H38O10. The number of fused-ring (bicyclic) bond motifs is 1. The van der Waals surface area contributed by atoms with Gasteiger partial charge in [-0.2, -0.15) is 0 Å². The van der Waals surface area contributed by atoms with E-state index in [0.29, 0.717) is 42.2 Å². The normalized spacial score (nSPS) is 10.7. The second kappa shape index (κ2) is 18.7. The number of carbonyl (C=O) groups is 4. The molecule has 5 rings (SSSR count). The van der Waals surface area contributed by atoms with Crippen LogP contribution in [0.1, 0.15) is 62.5 Å². The highest BCUT2D eigenvalue weighted by atomic mass is 16.6. The zero-order valence-corrected chi connectivity index (χ0v) is 28.0. The number of hydrogen-bond acceptors (Lipinski definition) is 10. The van der Waals surface area contributed by atoms with Gasteiger partial charge in [0.05, 0.1) is 5.39 Å². The lowest BCUT2D eigenvalue weighted by Gasteiger charge is -2.13. The van der Waals surface area contributed by atoms with E-state index in [1.54, 1.807) is 30.3 Å². The molecule has 10 nitrogen and oxygen atoms in total. The summed E-state index contributed by atoms with van der Waals surface area (Å²) in [7, 11) is 0. The summed E-state index contributed by atoms with van der Waals surface area (Å²) in [5, 5.41) is 0.423. The van der Waals surface area contributed by atoms with Crippen LogP contribution in [-0.2, 0) is 41.9 Å². The van der Waals surface area contributed by atoms with Crippen molar-refractivity contribution in [2.24, 2.45) is 0 Å². The van der Waals surface area contributed by atoms with Gasteiger partial charge < -0.3 is 23.4 Å². The Kier molecular flexibility index (Phi) is 13.3. The van der Waals surface area contributed by atoms with Crippen LogP contribution in [0.5, 0.6) is 11.5 Å². The molecule has 0 saturated heterocycles. The van der Waals surface area contributed by atoms with Crippen molar-refractivity contribution in [2.45, 2.75) is 64.6 Å². The van der Waals surface area contributed by atoms with E-state index in [2.05, 4.69) is 0 Å². The van der Waals surface area contributed by atoms with Crippen molar-refractivity contribution in [1.82, 2.24) is 0 Å². The highest BCUT2D eigenvalue weighted by Crippen LogP contribution is 2.34. The van der Waals surface area contributed by atoms with Crippen LogP contribution in [0.2, 0.25) is 0 Å². The summed E-state index contributed by atoms with van der Waals surface area (Å²) in [4.78, 5) is 62.7. The van der Waals surface area contributed by atoms with Gasteiger partial charge in [-0.3, -0.25) is 24.0 Å². The zero-order valence-electron chi connectivity index (χ0n) is 28.0. The molecule has 0 atom stereocenters. The molecule has 0 bridgehead atoms. The lowest BCUT2D eigenvalue weighted by molar-refractivity contribution is -0.146. The minimum Gasteiger partial charge on any atom is -0.461 e. The number of esters is 4. The minimum atomic E-state index is -0.601. The van der Waals surface area contributed by atoms with Crippen LogP contribution in [0.4, 0.5) is 0 Å². The maximum Gasteiger partial charge on any atom is 0.311 e. The first-order chi connectivity index (χ1) is 24.8.